The molecule has 5 nitrogen and oxygen atoms in total. The second kappa shape index (κ2) is 7.06. The minimum atomic E-state index is -0.229. The van der Waals surface area contributed by atoms with E-state index in [0.29, 0.717) is 10.7 Å². The van der Waals surface area contributed by atoms with Gasteiger partial charge in [-0.2, -0.15) is 0 Å². The van der Waals surface area contributed by atoms with Crippen LogP contribution < -0.4 is 10.5 Å². The molecule has 1 atom stereocenters. The molecule has 6 heteroatoms. The lowest BCUT2D eigenvalue weighted by molar-refractivity contribution is -0.134. The number of aliphatic hydroxyl groups is 1. The molecule has 104 valence electrons. The minimum absolute atomic E-state index is 0.0761. The van der Waals surface area contributed by atoms with Gasteiger partial charge in [-0.25, -0.2) is 0 Å². The molecular weight excluding hydrogens is 264 g/mol. The summed E-state index contributed by atoms with van der Waals surface area (Å²) in [6, 6.07) is 6.66. The Bertz CT molecular complexity index is 448. The summed E-state index contributed by atoms with van der Waals surface area (Å²) >= 11 is 4.84. The summed E-state index contributed by atoms with van der Waals surface area (Å²) < 4.78 is 5.36. The highest BCUT2D eigenvalue weighted by Crippen LogP contribution is 2.12. The molecule has 0 aliphatic rings. The number of likely N-dealkylation sites (N-methyl/N-ethyl adjacent to an activating group) is 1. The zero-order chi connectivity index (χ0) is 14.4. The quantitative estimate of drug-likeness (QED) is 0.745. The Morgan fingerprint density at radius 3 is 2.53 bits per heavy atom. The second-order valence-electron chi connectivity index (χ2n) is 4.21. The predicted molar refractivity (Wildman–Crippen MR) is 77.1 cm³/mol. The van der Waals surface area contributed by atoms with Crippen molar-refractivity contribution < 1.29 is 14.6 Å². The monoisotopic (exact) mass is 282 g/mol. The number of hydrogen-bond donors (Lipinski definition) is 2. The summed E-state index contributed by atoms with van der Waals surface area (Å²) in [5.74, 6) is 0.373. The average molecular weight is 282 g/mol. The minimum Gasteiger partial charge on any atom is -0.484 e. The van der Waals surface area contributed by atoms with Crippen LogP contribution in [0.15, 0.2) is 24.3 Å². The third-order valence-electron chi connectivity index (χ3n) is 2.82. The topological polar surface area (TPSA) is 75.8 Å². The van der Waals surface area contributed by atoms with Gasteiger partial charge in [0.1, 0.15) is 10.7 Å². The SMILES string of the molecule is CC(CO)N(C)C(=O)COc1ccc(C(N)=S)cc1. The first-order chi connectivity index (χ1) is 8.95. The van der Waals surface area contributed by atoms with Crippen LogP contribution in [0.1, 0.15) is 12.5 Å². The number of nitrogens with two attached hydrogens (primary N) is 1. The van der Waals surface area contributed by atoms with Crippen LogP contribution in [0.25, 0.3) is 0 Å². The van der Waals surface area contributed by atoms with Gasteiger partial charge in [0.15, 0.2) is 6.61 Å². The van der Waals surface area contributed by atoms with Gasteiger partial charge in [-0.3, -0.25) is 4.79 Å². The van der Waals surface area contributed by atoms with E-state index >= 15 is 0 Å². The maximum absolute atomic E-state index is 11.7. The molecule has 1 amide bonds. The van der Waals surface area contributed by atoms with Crippen LogP contribution in [0.3, 0.4) is 0 Å². The number of carbonyl (C=O) groups excluding carboxylic acids is 1. The molecule has 1 unspecified atom stereocenters. The maximum Gasteiger partial charge on any atom is 0.260 e. The summed E-state index contributed by atoms with van der Waals surface area (Å²) in [5.41, 5.74) is 6.23. The number of thiocarbonyl (C=S) groups is 1. The van der Waals surface area contributed by atoms with Gasteiger partial charge in [0.05, 0.1) is 12.6 Å². The highest BCUT2D eigenvalue weighted by molar-refractivity contribution is 7.80. The van der Waals surface area contributed by atoms with Crippen molar-refractivity contribution in [3.8, 4) is 5.75 Å². The molecule has 0 aliphatic heterocycles. The summed E-state index contributed by atoms with van der Waals surface area (Å²) in [7, 11) is 1.63. The maximum atomic E-state index is 11.7. The van der Waals surface area contributed by atoms with Crippen LogP contribution in [0.4, 0.5) is 0 Å². The first kappa shape index (κ1) is 15.4. The van der Waals surface area contributed by atoms with E-state index < -0.39 is 0 Å². The molecule has 0 radical (unpaired) electrons. The Kier molecular flexibility index (Phi) is 5.72. The lowest BCUT2D eigenvalue weighted by Gasteiger charge is -2.23. The Balaban J connectivity index is 2.52. The van der Waals surface area contributed by atoms with Gasteiger partial charge in [-0.15, -0.1) is 0 Å². The standard InChI is InChI=1S/C13H18N2O3S/c1-9(7-16)15(2)12(17)8-18-11-5-3-10(4-6-11)13(14)19/h3-6,9,16H,7-8H2,1-2H3,(H2,14,19). The Morgan fingerprint density at radius 1 is 1.47 bits per heavy atom. The molecule has 0 saturated carbocycles. The van der Waals surface area contributed by atoms with Crippen LogP contribution >= 0.6 is 12.2 Å². The van der Waals surface area contributed by atoms with Crippen LogP contribution in [-0.2, 0) is 4.79 Å². The van der Waals surface area contributed by atoms with E-state index in [1.165, 1.54) is 4.90 Å². The third-order valence-corrected chi connectivity index (χ3v) is 3.06. The molecule has 0 aromatic heterocycles. The first-order valence-corrected chi connectivity index (χ1v) is 6.25. The molecule has 0 saturated heterocycles. The zero-order valence-corrected chi connectivity index (χ0v) is 11.8. The molecule has 19 heavy (non-hydrogen) atoms. The Labute approximate surface area is 118 Å². The van der Waals surface area contributed by atoms with Crippen molar-refractivity contribution in [2.45, 2.75) is 13.0 Å². The normalized spacial score (nSPS) is 11.7. The van der Waals surface area contributed by atoms with Crippen LogP contribution in [0, 0.1) is 0 Å². The summed E-state index contributed by atoms with van der Waals surface area (Å²) in [4.78, 5) is 13.5. The molecule has 3 N–H and O–H groups in total. The van der Waals surface area contributed by atoms with Gasteiger partial charge in [0.2, 0.25) is 0 Å². The number of ether oxygens (including phenoxy) is 1. The molecule has 0 fully saturated rings. The molecule has 0 heterocycles. The third kappa shape index (κ3) is 4.50. The summed E-state index contributed by atoms with van der Waals surface area (Å²) in [6.45, 7) is 1.60. The van der Waals surface area contributed by atoms with Gasteiger partial charge in [0.25, 0.3) is 5.91 Å². The largest absolute Gasteiger partial charge is 0.484 e. The van der Waals surface area contributed by atoms with E-state index in [1.807, 2.05) is 0 Å². The molecular formula is C13H18N2O3S. The van der Waals surface area contributed by atoms with E-state index in [0.717, 1.165) is 5.56 Å². The van der Waals surface area contributed by atoms with Crippen molar-refractivity contribution in [2.24, 2.45) is 5.73 Å². The van der Waals surface area contributed by atoms with Crippen molar-refractivity contribution in [2.75, 3.05) is 20.3 Å². The second-order valence-corrected chi connectivity index (χ2v) is 4.65. The summed E-state index contributed by atoms with van der Waals surface area (Å²) in [6.07, 6.45) is 0. The molecule has 1 rings (SSSR count). The van der Waals surface area contributed by atoms with Gasteiger partial charge in [-0.1, -0.05) is 12.2 Å². The smallest absolute Gasteiger partial charge is 0.260 e. The predicted octanol–water partition coefficient (Wildman–Crippen LogP) is 0.539. The molecule has 1 aromatic rings. The van der Waals surface area contributed by atoms with Crippen molar-refractivity contribution in [3.05, 3.63) is 29.8 Å². The van der Waals surface area contributed by atoms with E-state index in [2.05, 4.69) is 0 Å². The highest BCUT2D eigenvalue weighted by Gasteiger charge is 2.15. The number of amides is 1. The number of aliphatic hydroxyl groups excluding tert-OH is 1. The molecule has 0 bridgehead atoms. The average Bonchev–Trinajstić information content (AvgIpc) is 2.43. The van der Waals surface area contributed by atoms with E-state index in [-0.39, 0.29) is 25.2 Å². The molecule has 1 aromatic carbocycles. The lowest BCUT2D eigenvalue weighted by Crippen LogP contribution is -2.40. The lowest BCUT2D eigenvalue weighted by atomic mass is 10.2. The van der Waals surface area contributed by atoms with Gasteiger partial charge >= 0.3 is 0 Å². The number of rotatable bonds is 6. The van der Waals surface area contributed by atoms with Gasteiger partial charge in [0, 0.05) is 12.6 Å². The fourth-order valence-corrected chi connectivity index (χ4v) is 1.47. The van der Waals surface area contributed by atoms with Crippen LogP contribution in [-0.4, -0.2) is 47.2 Å². The highest BCUT2D eigenvalue weighted by atomic mass is 32.1. The fourth-order valence-electron chi connectivity index (χ4n) is 1.33. The van der Waals surface area contributed by atoms with Crippen LogP contribution in [0.2, 0.25) is 0 Å². The zero-order valence-electron chi connectivity index (χ0n) is 11.0. The van der Waals surface area contributed by atoms with Crippen LogP contribution in [0.5, 0.6) is 5.75 Å². The number of hydrogen-bond acceptors (Lipinski definition) is 4. The number of benzene rings is 1. The number of carbonyl (C=O) groups is 1. The molecule has 0 aliphatic carbocycles. The molecule has 0 spiro atoms. The van der Waals surface area contributed by atoms with E-state index in [1.54, 1.807) is 38.2 Å². The van der Waals surface area contributed by atoms with Crippen molar-refractivity contribution >= 4 is 23.1 Å². The first-order valence-electron chi connectivity index (χ1n) is 5.85. The van der Waals surface area contributed by atoms with E-state index in [9.17, 15) is 4.79 Å². The van der Waals surface area contributed by atoms with Gasteiger partial charge < -0.3 is 20.5 Å². The van der Waals surface area contributed by atoms with Crippen molar-refractivity contribution in [1.29, 1.82) is 0 Å². The van der Waals surface area contributed by atoms with E-state index in [4.69, 9.17) is 27.8 Å². The van der Waals surface area contributed by atoms with Gasteiger partial charge in [-0.05, 0) is 31.2 Å². The van der Waals surface area contributed by atoms with Crippen molar-refractivity contribution in [1.82, 2.24) is 4.90 Å². The summed E-state index contributed by atoms with van der Waals surface area (Å²) in [5, 5.41) is 8.96. The fraction of sp³-hybridized carbons (Fsp3) is 0.385. The Hall–Kier alpha value is -1.66. The Morgan fingerprint density at radius 2 is 2.05 bits per heavy atom. The van der Waals surface area contributed by atoms with Crippen molar-refractivity contribution in [3.63, 3.8) is 0 Å². The number of nitrogens with zero attached hydrogens (tertiary/aromatic N) is 1.